The van der Waals surface area contributed by atoms with Crippen LogP contribution < -0.4 is 5.32 Å². The highest BCUT2D eigenvalue weighted by atomic mass is 16.4. The molecule has 3 unspecified atom stereocenters. The lowest BCUT2D eigenvalue weighted by Gasteiger charge is -2.50. The van der Waals surface area contributed by atoms with Gasteiger partial charge in [-0.05, 0) is 59.0 Å². The largest absolute Gasteiger partial charge is 0.465 e. The first kappa shape index (κ1) is 23.3. The Kier molecular flexibility index (Phi) is 6.76. The predicted molar refractivity (Wildman–Crippen MR) is 136 cm³/mol. The second-order valence-electron chi connectivity index (χ2n) is 10.4. The Morgan fingerprint density at radius 1 is 1.00 bits per heavy atom. The van der Waals surface area contributed by atoms with Gasteiger partial charge in [0, 0.05) is 12.6 Å². The summed E-state index contributed by atoms with van der Waals surface area (Å²) in [5, 5.41) is 16.4. The molecule has 0 radical (unpaired) electrons. The Morgan fingerprint density at radius 2 is 1.67 bits per heavy atom. The Bertz CT molecular complexity index is 1080. The molecule has 3 aromatic rings. The van der Waals surface area contributed by atoms with Gasteiger partial charge in [0.05, 0.1) is 6.04 Å². The van der Waals surface area contributed by atoms with E-state index in [-0.39, 0.29) is 23.4 Å². The van der Waals surface area contributed by atoms with Crippen molar-refractivity contribution in [3.05, 3.63) is 83.9 Å². The minimum absolute atomic E-state index is 0.151. The highest BCUT2D eigenvalue weighted by Gasteiger charge is 2.45. The van der Waals surface area contributed by atoms with Crippen LogP contribution >= 0.6 is 0 Å². The van der Waals surface area contributed by atoms with Crippen molar-refractivity contribution in [1.29, 1.82) is 0 Å². The average molecular weight is 445 g/mol. The highest BCUT2D eigenvalue weighted by molar-refractivity contribution is 5.86. The van der Waals surface area contributed by atoms with Crippen LogP contribution in [0.3, 0.4) is 0 Å². The van der Waals surface area contributed by atoms with Crippen molar-refractivity contribution in [3.63, 3.8) is 0 Å². The van der Waals surface area contributed by atoms with Crippen LogP contribution in [-0.4, -0.2) is 35.2 Å². The van der Waals surface area contributed by atoms with E-state index in [0.29, 0.717) is 5.92 Å². The third kappa shape index (κ3) is 4.77. The molecule has 174 valence electrons. The van der Waals surface area contributed by atoms with E-state index < -0.39 is 6.09 Å². The number of amides is 1. The van der Waals surface area contributed by atoms with Crippen molar-refractivity contribution >= 4 is 16.9 Å². The Balaban J connectivity index is 1.80. The summed E-state index contributed by atoms with van der Waals surface area (Å²) in [6.07, 6.45) is 0.157. The van der Waals surface area contributed by atoms with Gasteiger partial charge >= 0.3 is 6.09 Å². The monoisotopic (exact) mass is 444 g/mol. The van der Waals surface area contributed by atoms with Gasteiger partial charge in [-0.15, -0.1) is 0 Å². The first-order chi connectivity index (χ1) is 15.8. The van der Waals surface area contributed by atoms with E-state index in [2.05, 4.69) is 74.6 Å². The van der Waals surface area contributed by atoms with Crippen LogP contribution in [0.1, 0.15) is 57.2 Å². The second-order valence-corrected chi connectivity index (χ2v) is 10.4. The van der Waals surface area contributed by atoms with Gasteiger partial charge in [0.25, 0.3) is 0 Å². The molecule has 1 aliphatic heterocycles. The molecule has 33 heavy (non-hydrogen) atoms. The molecular formula is C29H36N2O2. The summed E-state index contributed by atoms with van der Waals surface area (Å²) in [6.45, 7) is 10.4. The lowest BCUT2D eigenvalue weighted by atomic mass is 9.68. The summed E-state index contributed by atoms with van der Waals surface area (Å²) in [7, 11) is 0. The summed E-state index contributed by atoms with van der Waals surface area (Å²) >= 11 is 0. The summed E-state index contributed by atoms with van der Waals surface area (Å²) in [6, 6.07) is 24.7. The molecule has 0 bridgehead atoms. The second kappa shape index (κ2) is 9.56. The third-order valence-electron chi connectivity index (χ3n) is 7.26. The maximum absolute atomic E-state index is 12.9. The van der Waals surface area contributed by atoms with Gasteiger partial charge in [0.15, 0.2) is 0 Å². The fourth-order valence-corrected chi connectivity index (χ4v) is 5.88. The fraction of sp³-hybridized carbons (Fsp3) is 0.414. The number of piperidine rings is 1. The SMILES string of the molecule is C[C@H](c1cccc2ccccc12)N(C(=O)O)C(C1CNCCC1c1ccccc1)C(C)(C)C. The molecule has 1 saturated heterocycles. The van der Waals surface area contributed by atoms with Crippen LogP contribution in [0.5, 0.6) is 0 Å². The van der Waals surface area contributed by atoms with Gasteiger partial charge in [-0.3, -0.25) is 4.90 Å². The maximum Gasteiger partial charge on any atom is 0.408 e. The summed E-state index contributed by atoms with van der Waals surface area (Å²) in [5.74, 6) is 0.493. The molecule has 4 nitrogen and oxygen atoms in total. The van der Waals surface area contributed by atoms with Crippen molar-refractivity contribution in [2.24, 2.45) is 11.3 Å². The molecule has 4 rings (SSSR count). The smallest absolute Gasteiger partial charge is 0.408 e. The lowest BCUT2D eigenvalue weighted by Crippen LogP contribution is -2.57. The van der Waals surface area contributed by atoms with Gasteiger partial charge in [-0.2, -0.15) is 0 Å². The van der Waals surface area contributed by atoms with Crippen LogP contribution in [0.25, 0.3) is 10.8 Å². The van der Waals surface area contributed by atoms with E-state index in [4.69, 9.17) is 0 Å². The molecule has 1 heterocycles. The normalized spacial score (nSPS) is 20.8. The molecule has 1 aliphatic rings. The van der Waals surface area contributed by atoms with Crippen molar-refractivity contribution in [2.45, 2.75) is 52.1 Å². The molecule has 2 N–H and O–H groups in total. The minimum atomic E-state index is -0.854. The average Bonchev–Trinajstić information content (AvgIpc) is 2.81. The Morgan fingerprint density at radius 3 is 2.36 bits per heavy atom. The molecule has 0 spiro atoms. The van der Waals surface area contributed by atoms with Crippen LogP contribution in [-0.2, 0) is 0 Å². The van der Waals surface area contributed by atoms with Crippen LogP contribution in [0.4, 0.5) is 4.79 Å². The zero-order valence-electron chi connectivity index (χ0n) is 20.2. The number of carbonyl (C=O) groups is 1. The van der Waals surface area contributed by atoms with E-state index in [1.165, 1.54) is 5.56 Å². The number of rotatable bonds is 5. The van der Waals surface area contributed by atoms with Crippen LogP contribution in [0, 0.1) is 11.3 Å². The minimum Gasteiger partial charge on any atom is -0.465 e. The van der Waals surface area contributed by atoms with Gasteiger partial charge < -0.3 is 10.4 Å². The third-order valence-corrected chi connectivity index (χ3v) is 7.26. The topological polar surface area (TPSA) is 52.6 Å². The molecule has 4 atom stereocenters. The number of nitrogens with one attached hydrogen (secondary N) is 1. The van der Waals surface area contributed by atoms with Crippen molar-refractivity contribution in [2.75, 3.05) is 13.1 Å². The fourth-order valence-electron chi connectivity index (χ4n) is 5.88. The van der Waals surface area contributed by atoms with E-state index in [1.54, 1.807) is 4.90 Å². The van der Waals surface area contributed by atoms with Crippen LogP contribution in [0.15, 0.2) is 72.8 Å². The molecule has 0 aliphatic carbocycles. The highest BCUT2D eigenvalue weighted by Crippen LogP contribution is 2.44. The number of carboxylic acid groups (broad SMARTS) is 1. The lowest BCUT2D eigenvalue weighted by molar-refractivity contribution is 0.0142. The van der Waals surface area contributed by atoms with Gasteiger partial charge in [-0.25, -0.2) is 4.79 Å². The maximum atomic E-state index is 12.9. The molecule has 1 amide bonds. The van der Waals surface area contributed by atoms with E-state index in [1.807, 2.05) is 31.2 Å². The van der Waals surface area contributed by atoms with Crippen molar-refractivity contribution in [3.8, 4) is 0 Å². The quantitative estimate of drug-likeness (QED) is 0.461. The zero-order chi connectivity index (χ0) is 23.6. The molecular weight excluding hydrogens is 408 g/mol. The van der Waals surface area contributed by atoms with E-state index in [0.717, 1.165) is 35.8 Å². The Hall–Kier alpha value is -2.85. The first-order valence-corrected chi connectivity index (χ1v) is 12.0. The molecule has 0 saturated carbocycles. The Labute approximate surface area is 197 Å². The molecule has 3 aromatic carbocycles. The molecule has 4 heteroatoms. The number of hydrogen-bond donors (Lipinski definition) is 2. The summed E-state index contributed by atoms with van der Waals surface area (Å²) in [5.41, 5.74) is 2.14. The number of benzene rings is 3. The van der Waals surface area contributed by atoms with E-state index >= 15 is 0 Å². The number of nitrogens with zero attached hydrogens (tertiary/aromatic N) is 1. The molecule has 0 aromatic heterocycles. The van der Waals surface area contributed by atoms with Gasteiger partial charge in [-0.1, -0.05) is 93.6 Å². The van der Waals surface area contributed by atoms with Gasteiger partial charge in [0.2, 0.25) is 0 Å². The number of hydrogen-bond acceptors (Lipinski definition) is 2. The zero-order valence-corrected chi connectivity index (χ0v) is 20.2. The summed E-state index contributed by atoms with van der Waals surface area (Å²) in [4.78, 5) is 14.7. The van der Waals surface area contributed by atoms with Gasteiger partial charge in [0.1, 0.15) is 0 Å². The molecule has 1 fully saturated rings. The van der Waals surface area contributed by atoms with Crippen molar-refractivity contribution in [1.82, 2.24) is 10.2 Å². The number of fused-ring (bicyclic) bond motifs is 1. The van der Waals surface area contributed by atoms with Crippen molar-refractivity contribution < 1.29 is 9.90 Å². The van der Waals surface area contributed by atoms with Crippen LogP contribution in [0.2, 0.25) is 0 Å². The standard InChI is InChI=1S/C29H36N2O2/c1-20(23-16-10-14-22-13-8-9-15-24(22)23)31(28(32)33)27(29(2,3)4)26-19-30-18-17-25(26)21-11-6-5-7-12-21/h5-16,20,25-27,30H,17-19H2,1-4H3,(H,32,33)/t20-,25?,26?,27?/m1/s1. The predicted octanol–water partition coefficient (Wildman–Crippen LogP) is 6.69. The van der Waals surface area contributed by atoms with E-state index in [9.17, 15) is 9.90 Å². The first-order valence-electron chi connectivity index (χ1n) is 12.0. The summed E-state index contributed by atoms with van der Waals surface area (Å²) < 4.78 is 0.